The zero-order valence-corrected chi connectivity index (χ0v) is 28.2. The van der Waals surface area contributed by atoms with Crippen molar-refractivity contribution in [3.8, 4) is 0 Å². The molecule has 50 heavy (non-hydrogen) atoms. The first-order valence-electron chi connectivity index (χ1n) is 17.6. The van der Waals surface area contributed by atoms with E-state index < -0.39 is 0 Å². The lowest BCUT2D eigenvalue weighted by molar-refractivity contribution is -0.511. The highest BCUT2D eigenvalue weighted by molar-refractivity contribution is 6.27. The van der Waals surface area contributed by atoms with Gasteiger partial charge in [0.25, 0.3) is 0 Å². The molecule has 0 aliphatic carbocycles. The van der Waals surface area contributed by atoms with Gasteiger partial charge in [0.05, 0.1) is 28.0 Å². The van der Waals surface area contributed by atoms with E-state index in [4.69, 9.17) is 4.42 Å². The molecule has 0 radical (unpaired) electrons. The molecule has 6 heterocycles. The third kappa shape index (κ3) is 3.52. The van der Waals surface area contributed by atoms with Gasteiger partial charge in [0.1, 0.15) is 11.2 Å². The topological polar surface area (TPSA) is 24.9 Å². The largest absolute Gasteiger partial charge is 0.456 e. The van der Waals surface area contributed by atoms with Crippen LogP contribution in [0.25, 0.3) is 82.0 Å². The highest BCUT2D eigenvalue weighted by atomic mass is 16.3. The Kier molecular flexibility index (Phi) is 5.53. The van der Waals surface area contributed by atoms with Crippen LogP contribution in [0, 0.1) is 0 Å². The molecule has 0 saturated carbocycles. The summed E-state index contributed by atoms with van der Waals surface area (Å²) in [6.45, 7) is 4.47. The maximum absolute atomic E-state index is 6.44. The minimum atomic E-state index is 0.124. The minimum Gasteiger partial charge on any atom is -0.456 e. The average Bonchev–Trinajstić information content (AvgIpc) is 3.79. The molecule has 0 N–H and O–H groups in total. The number of benzene rings is 5. The number of hydrogen-bond acceptors (Lipinski definition) is 2. The first kappa shape index (κ1) is 27.8. The fourth-order valence-corrected chi connectivity index (χ4v) is 9.29. The van der Waals surface area contributed by atoms with Crippen LogP contribution in [0.2, 0.25) is 0 Å². The predicted molar refractivity (Wildman–Crippen MR) is 207 cm³/mol. The molecule has 238 valence electrons. The van der Waals surface area contributed by atoms with Crippen LogP contribution in [0.1, 0.15) is 42.5 Å². The molecule has 0 amide bonds. The van der Waals surface area contributed by atoms with Crippen molar-refractivity contribution < 1.29 is 8.82 Å². The quantitative estimate of drug-likeness (QED) is 0.138. The van der Waals surface area contributed by atoms with Crippen LogP contribution >= 0.6 is 0 Å². The first-order valence-corrected chi connectivity index (χ1v) is 17.6. The van der Waals surface area contributed by atoms with E-state index in [9.17, 15) is 0 Å². The van der Waals surface area contributed by atoms with Gasteiger partial charge in [0.15, 0.2) is 12.4 Å². The number of rotatable bonds is 2. The maximum atomic E-state index is 6.44. The Hall–Kier alpha value is -6.13. The zero-order valence-electron chi connectivity index (χ0n) is 28.2. The van der Waals surface area contributed by atoms with Gasteiger partial charge in [-0.05, 0) is 48.9 Å². The molecule has 10 aromatic rings. The van der Waals surface area contributed by atoms with Gasteiger partial charge in [-0.2, -0.15) is 4.40 Å². The van der Waals surface area contributed by atoms with Gasteiger partial charge in [-0.15, -0.1) is 0 Å². The highest BCUT2D eigenvalue weighted by Gasteiger charge is 2.36. The molecule has 2 atom stereocenters. The number of para-hydroxylation sites is 2. The molecule has 4 nitrogen and oxygen atoms in total. The molecule has 1 aliphatic heterocycles. The van der Waals surface area contributed by atoms with E-state index in [2.05, 4.69) is 168 Å². The first-order chi connectivity index (χ1) is 24.6. The van der Waals surface area contributed by atoms with Crippen molar-refractivity contribution in [3.63, 3.8) is 0 Å². The Morgan fingerprint density at radius 1 is 0.660 bits per heavy atom. The van der Waals surface area contributed by atoms with Crippen molar-refractivity contribution >= 4 is 82.0 Å². The fourth-order valence-electron chi connectivity index (χ4n) is 9.29. The third-order valence-corrected chi connectivity index (χ3v) is 11.5. The van der Waals surface area contributed by atoms with Gasteiger partial charge in [-0.1, -0.05) is 79.7 Å². The Morgan fingerprint density at radius 2 is 1.40 bits per heavy atom. The summed E-state index contributed by atoms with van der Waals surface area (Å²) in [5.74, 6) is 0.273. The van der Waals surface area contributed by atoms with Crippen LogP contribution in [-0.2, 0) is 0 Å². The normalized spacial score (nSPS) is 17.8. The summed E-state index contributed by atoms with van der Waals surface area (Å²) in [6.07, 6.45) is 11.1. The fraction of sp³-hybridized carbons (Fsp3) is 0.109. The van der Waals surface area contributed by atoms with Crippen molar-refractivity contribution in [2.45, 2.75) is 25.8 Å². The molecule has 5 aromatic heterocycles. The predicted octanol–water partition coefficient (Wildman–Crippen LogP) is 11.3. The molecule has 4 heteroatoms. The van der Waals surface area contributed by atoms with Gasteiger partial charge in [-0.3, -0.25) is 0 Å². The van der Waals surface area contributed by atoms with E-state index in [1.165, 1.54) is 82.2 Å². The number of nitrogens with zero attached hydrogens (tertiary/aromatic N) is 3. The SMILES string of the molecule is C/C=C\C=C1\c2ccccc2C(C)C(c2c[n+]3ccccc3c3cc4c5cccc6c7cc8c(cc7n(c4cc23)c65)oc2ccccc28)N1C. The van der Waals surface area contributed by atoms with Crippen LogP contribution in [0.4, 0.5) is 0 Å². The lowest BCUT2D eigenvalue weighted by Gasteiger charge is -2.42. The average molecular weight is 645 g/mol. The summed E-state index contributed by atoms with van der Waals surface area (Å²) in [5, 5.41) is 9.98. The van der Waals surface area contributed by atoms with E-state index >= 15 is 0 Å². The molecule has 5 aromatic carbocycles. The Bertz CT molecular complexity index is 3100. The summed E-state index contributed by atoms with van der Waals surface area (Å²) in [4.78, 5) is 2.50. The Labute approximate surface area is 288 Å². The second-order valence-corrected chi connectivity index (χ2v) is 14.0. The molecular formula is C46H34N3O+. The molecule has 0 fully saturated rings. The molecule has 2 unspecified atom stereocenters. The lowest BCUT2D eigenvalue weighted by Crippen LogP contribution is -2.34. The van der Waals surface area contributed by atoms with Crippen molar-refractivity contribution in [3.05, 3.63) is 157 Å². The van der Waals surface area contributed by atoms with Crippen molar-refractivity contribution in [2.75, 3.05) is 7.05 Å². The number of aromatic nitrogens is 2. The van der Waals surface area contributed by atoms with Gasteiger partial charge < -0.3 is 13.7 Å². The number of pyridine rings is 2. The Balaban J connectivity index is 1.27. The van der Waals surface area contributed by atoms with Crippen molar-refractivity contribution in [2.24, 2.45) is 0 Å². The zero-order chi connectivity index (χ0) is 33.2. The Morgan fingerprint density at radius 3 is 2.26 bits per heavy atom. The van der Waals surface area contributed by atoms with E-state index in [1.54, 1.807) is 0 Å². The van der Waals surface area contributed by atoms with Crippen LogP contribution in [0.3, 0.4) is 0 Å². The summed E-state index contributed by atoms with van der Waals surface area (Å²) in [5.41, 5.74) is 12.0. The molecule has 1 aliphatic rings. The maximum Gasteiger partial charge on any atom is 0.218 e. The monoisotopic (exact) mass is 644 g/mol. The number of fused-ring (bicyclic) bond motifs is 13. The van der Waals surface area contributed by atoms with Crippen molar-refractivity contribution in [1.29, 1.82) is 0 Å². The summed E-state index contributed by atoms with van der Waals surface area (Å²) in [7, 11) is 2.27. The molecule has 0 saturated heterocycles. The third-order valence-electron chi connectivity index (χ3n) is 11.5. The lowest BCUT2D eigenvalue weighted by atomic mass is 9.79. The van der Waals surface area contributed by atoms with E-state index in [0.29, 0.717) is 0 Å². The standard InChI is InChI=1S/C46H34N3O/c1-4-5-18-39-29-14-7-6-13-28(29)27(2)45(47(39)3)38-26-48-21-11-10-19-40(48)36-22-34-31-16-12-17-32-35-23-37-30-15-8-9-20-43(30)50-44(37)25-42(35)49(46(31)32)41(34)24-33(36)38/h4-27,45H,1-3H3/q+1/b5-4-,39-18-. The summed E-state index contributed by atoms with van der Waals surface area (Å²) < 4.78 is 11.3. The summed E-state index contributed by atoms with van der Waals surface area (Å²) >= 11 is 0. The highest BCUT2D eigenvalue weighted by Crippen LogP contribution is 2.49. The van der Waals surface area contributed by atoms with Crippen LogP contribution in [-0.4, -0.2) is 16.3 Å². The van der Waals surface area contributed by atoms with E-state index in [-0.39, 0.29) is 12.0 Å². The van der Waals surface area contributed by atoms with Gasteiger partial charge in [-0.25, -0.2) is 0 Å². The van der Waals surface area contributed by atoms with Gasteiger partial charge >= 0.3 is 0 Å². The smallest absolute Gasteiger partial charge is 0.218 e. The number of furan rings is 1. The molecule has 11 rings (SSSR count). The molecule has 0 bridgehead atoms. The van der Waals surface area contributed by atoms with Crippen LogP contribution in [0.15, 0.2) is 144 Å². The van der Waals surface area contributed by atoms with Gasteiger partial charge in [0.2, 0.25) is 5.52 Å². The van der Waals surface area contributed by atoms with Crippen LogP contribution in [0.5, 0.6) is 0 Å². The molecule has 0 spiro atoms. The summed E-state index contributed by atoms with van der Waals surface area (Å²) in [6, 6.07) is 40.3. The molecular weight excluding hydrogens is 611 g/mol. The van der Waals surface area contributed by atoms with Gasteiger partial charge in [0, 0.05) is 85.7 Å². The van der Waals surface area contributed by atoms with Crippen molar-refractivity contribution in [1.82, 2.24) is 9.30 Å². The minimum absolute atomic E-state index is 0.124. The second kappa shape index (κ2) is 9.96. The van der Waals surface area contributed by atoms with E-state index in [1.807, 2.05) is 6.07 Å². The van der Waals surface area contributed by atoms with E-state index in [0.717, 1.165) is 16.6 Å². The number of hydrogen-bond donors (Lipinski definition) is 0. The second-order valence-electron chi connectivity index (χ2n) is 14.0. The number of allylic oxidation sites excluding steroid dienone is 3. The van der Waals surface area contributed by atoms with Crippen LogP contribution < -0.4 is 4.40 Å². The number of likely N-dealkylation sites (N-methyl/N-ethyl adjacent to an activating group) is 1.